The summed E-state index contributed by atoms with van der Waals surface area (Å²) < 4.78 is 2.71. The van der Waals surface area contributed by atoms with Crippen molar-refractivity contribution >= 4 is 29.3 Å². The van der Waals surface area contributed by atoms with Gasteiger partial charge in [0.05, 0.1) is 18.6 Å². The fourth-order valence-electron chi connectivity index (χ4n) is 3.63. The summed E-state index contributed by atoms with van der Waals surface area (Å²) in [6, 6.07) is 1.91. The largest absolute Gasteiger partial charge is 0.353 e. The molecule has 2 rings (SSSR count). The van der Waals surface area contributed by atoms with Gasteiger partial charge in [-0.2, -0.15) is 0 Å². The number of imidazole rings is 1. The third-order valence-corrected chi connectivity index (χ3v) is 5.77. The van der Waals surface area contributed by atoms with E-state index in [1.807, 2.05) is 13.8 Å². The lowest BCUT2D eigenvalue weighted by Gasteiger charge is -2.20. The normalized spacial score (nSPS) is 11.4. The summed E-state index contributed by atoms with van der Waals surface area (Å²) in [6.07, 6.45) is 3.49. The summed E-state index contributed by atoms with van der Waals surface area (Å²) in [6.45, 7) is 4.54. The van der Waals surface area contributed by atoms with Crippen molar-refractivity contribution in [1.82, 2.24) is 29.7 Å². The minimum atomic E-state index is -1.13. The van der Waals surface area contributed by atoms with Crippen LogP contribution in [0.25, 0.3) is 0 Å². The third kappa shape index (κ3) is 7.20. The lowest BCUT2D eigenvalue weighted by Crippen LogP contribution is -2.43. The van der Waals surface area contributed by atoms with Crippen LogP contribution in [-0.4, -0.2) is 74.5 Å². The summed E-state index contributed by atoms with van der Waals surface area (Å²) in [5.74, 6) is -2.86. The second-order valence-electron chi connectivity index (χ2n) is 8.13. The van der Waals surface area contributed by atoms with Gasteiger partial charge in [-0.1, -0.05) is 6.07 Å². The van der Waals surface area contributed by atoms with Gasteiger partial charge in [0.25, 0.3) is 17.4 Å². The van der Waals surface area contributed by atoms with E-state index in [1.54, 1.807) is 18.0 Å². The average Bonchev–Trinajstić information content (AvgIpc) is 3.29. The van der Waals surface area contributed by atoms with Crippen LogP contribution < -0.4 is 16.2 Å². The van der Waals surface area contributed by atoms with E-state index < -0.39 is 35.0 Å². The fraction of sp³-hybridized carbons (Fsp3) is 0.458. The topological polar surface area (TPSA) is 152 Å². The molecule has 1 atom stereocenters. The van der Waals surface area contributed by atoms with Crippen LogP contribution in [0.2, 0.25) is 0 Å². The predicted molar refractivity (Wildman–Crippen MR) is 130 cm³/mol. The van der Waals surface area contributed by atoms with Gasteiger partial charge in [0, 0.05) is 51.8 Å². The highest BCUT2D eigenvalue weighted by Gasteiger charge is 2.26. The molecule has 12 heteroatoms. The molecule has 0 radical (unpaired) electrons. The Morgan fingerprint density at radius 3 is 2.42 bits per heavy atom. The molecule has 36 heavy (non-hydrogen) atoms. The Hall–Kier alpha value is -4.09. The lowest BCUT2D eigenvalue weighted by atomic mass is 9.99. The molecule has 0 unspecified atom stereocenters. The number of carbonyl (C=O) groups excluding carboxylic acids is 5. The van der Waals surface area contributed by atoms with Gasteiger partial charge in [0.2, 0.25) is 11.7 Å². The summed E-state index contributed by atoms with van der Waals surface area (Å²) >= 11 is 0. The molecule has 2 aromatic rings. The van der Waals surface area contributed by atoms with Crippen molar-refractivity contribution < 1.29 is 24.0 Å². The third-order valence-electron chi connectivity index (χ3n) is 5.77. The van der Waals surface area contributed by atoms with Crippen LogP contribution >= 0.6 is 0 Å². The average molecular weight is 501 g/mol. The monoisotopic (exact) mass is 500 g/mol. The van der Waals surface area contributed by atoms with E-state index in [0.29, 0.717) is 13.1 Å². The van der Waals surface area contributed by atoms with Crippen molar-refractivity contribution in [2.24, 2.45) is 7.05 Å². The maximum atomic E-state index is 13.2. The van der Waals surface area contributed by atoms with Gasteiger partial charge in [-0.25, -0.2) is 4.98 Å². The van der Waals surface area contributed by atoms with Crippen molar-refractivity contribution in [3.8, 4) is 0 Å². The Kier molecular flexibility index (Phi) is 10.3. The number of carbonyl (C=O) groups is 5. The molecule has 2 aromatic heterocycles. The van der Waals surface area contributed by atoms with Crippen LogP contribution in [0.1, 0.15) is 42.7 Å². The van der Waals surface area contributed by atoms with Crippen molar-refractivity contribution in [2.45, 2.75) is 45.7 Å². The Morgan fingerprint density at radius 1 is 1.14 bits per heavy atom. The number of Topliss-reactive ketones (excluding diaryl/α,β-unsaturated/α-hetero) is 2. The highest BCUT2D eigenvalue weighted by Crippen LogP contribution is 2.07. The molecule has 0 aliphatic carbocycles. The molecule has 0 saturated heterocycles. The van der Waals surface area contributed by atoms with Crippen LogP contribution in [0, 0.1) is 0 Å². The summed E-state index contributed by atoms with van der Waals surface area (Å²) in [5, 5.41) is 4.81. The van der Waals surface area contributed by atoms with Gasteiger partial charge >= 0.3 is 0 Å². The molecule has 3 amide bonds. The van der Waals surface area contributed by atoms with Gasteiger partial charge in [-0.15, -0.1) is 0 Å². The van der Waals surface area contributed by atoms with Gasteiger partial charge in [-0.3, -0.25) is 28.8 Å². The molecule has 2 heterocycles. The molecular weight excluding hydrogens is 468 g/mol. The lowest BCUT2D eigenvalue weighted by molar-refractivity contribution is -0.137. The van der Waals surface area contributed by atoms with E-state index >= 15 is 0 Å². The number of amides is 3. The zero-order chi connectivity index (χ0) is 26.8. The van der Waals surface area contributed by atoms with Crippen LogP contribution in [0.15, 0.2) is 35.6 Å². The quantitative estimate of drug-likeness (QED) is 0.350. The summed E-state index contributed by atoms with van der Waals surface area (Å²) in [5.41, 5.74) is -0.154. The first-order valence-electron chi connectivity index (χ1n) is 11.6. The molecular formula is C24H32N6O6. The van der Waals surface area contributed by atoms with Crippen molar-refractivity contribution in [3.63, 3.8) is 0 Å². The summed E-state index contributed by atoms with van der Waals surface area (Å²) in [7, 11) is 2.93. The van der Waals surface area contributed by atoms with Crippen LogP contribution in [0.3, 0.4) is 0 Å². The van der Waals surface area contributed by atoms with E-state index in [2.05, 4.69) is 15.6 Å². The second-order valence-corrected chi connectivity index (χ2v) is 8.13. The molecule has 0 aliphatic heterocycles. The van der Waals surface area contributed by atoms with Gasteiger partial charge in [0.15, 0.2) is 5.78 Å². The zero-order valence-electron chi connectivity index (χ0n) is 20.9. The Labute approximate surface area is 208 Å². The maximum Gasteiger partial charge on any atom is 0.287 e. The number of aryl methyl sites for hydroxylation is 1. The van der Waals surface area contributed by atoms with Crippen molar-refractivity contribution in [1.29, 1.82) is 0 Å². The zero-order valence-corrected chi connectivity index (χ0v) is 20.9. The van der Waals surface area contributed by atoms with E-state index in [1.165, 1.54) is 41.0 Å². The SMILES string of the molecule is CCN(CC)C(=O)Cn1cccc(CC(=O)[C@H](CCC(=O)C(=O)NC)NC(=O)c2cncn2C)c1=O. The summed E-state index contributed by atoms with van der Waals surface area (Å²) in [4.78, 5) is 80.3. The number of nitrogens with zero attached hydrogens (tertiary/aromatic N) is 4. The van der Waals surface area contributed by atoms with E-state index in [0.717, 1.165) is 0 Å². The molecule has 2 N–H and O–H groups in total. The predicted octanol–water partition coefficient (Wildman–Crippen LogP) is -0.544. The first-order valence-corrected chi connectivity index (χ1v) is 11.6. The minimum Gasteiger partial charge on any atom is -0.353 e. The minimum absolute atomic E-state index is 0.129. The van der Waals surface area contributed by atoms with Crippen LogP contribution in [0.5, 0.6) is 0 Å². The molecule has 0 spiro atoms. The molecule has 194 valence electrons. The number of hydrogen-bond acceptors (Lipinski definition) is 7. The van der Waals surface area contributed by atoms with E-state index in [4.69, 9.17) is 0 Å². The van der Waals surface area contributed by atoms with Gasteiger partial charge in [0.1, 0.15) is 12.2 Å². The molecule has 0 fully saturated rings. The Bertz CT molecular complexity index is 1180. The standard InChI is InChI=1S/C24H32N6O6/c1-5-29(6-2)21(33)14-30-11-7-8-16(24(30)36)12-20(32)17(9-10-19(31)23(35)25-3)27-22(34)18-13-26-15-28(18)4/h7-8,11,13,15,17H,5-6,9-10,12,14H2,1-4H3,(H,25,35)(H,27,34)/t17-/m0/s1. The number of hydrogen-bond donors (Lipinski definition) is 2. The van der Waals surface area contributed by atoms with Crippen molar-refractivity contribution in [3.05, 3.63) is 52.5 Å². The number of aromatic nitrogens is 3. The number of pyridine rings is 1. The second kappa shape index (κ2) is 13.1. The number of rotatable bonds is 13. The van der Waals surface area contributed by atoms with Crippen molar-refractivity contribution in [2.75, 3.05) is 20.1 Å². The first kappa shape index (κ1) is 28.1. The number of likely N-dealkylation sites (N-methyl/N-ethyl adjacent to an activating group) is 2. The Balaban J connectivity index is 2.23. The first-order chi connectivity index (χ1) is 17.1. The highest BCUT2D eigenvalue weighted by molar-refractivity contribution is 6.36. The molecule has 0 saturated carbocycles. The Morgan fingerprint density at radius 2 is 1.83 bits per heavy atom. The van der Waals surface area contributed by atoms with E-state index in [9.17, 15) is 28.8 Å². The number of ketones is 2. The van der Waals surface area contributed by atoms with Crippen LogP contribution in [0.4, 0.5) is 0 Å². The smallest absolute Gasteiger partial charge is 0.287 e. The maximum absolute atomic E-state index is 13.2. The van der Waals surface area contributed by atoms with Crippen LogP contribution in [-0.2, 0) is 39.2 Å². The fourth-order valence-corrected chi connectivity index (χ4v) is 3.63. The molecule has 0 aliphatic rings. The molecule has 0 aromatic carbocycles. The highest BCUT2D eigenvalue weighted by atomic mass is 16.2. The molecule has 12 nitrogen and oxygen atoms in total. The van der Waals surface area contributed by atoms with Gasteiger partial charge < -0.3 is 24.7 Å². The molecule has 0 bridgehead atoms. The number of nitrogens with one attached hydrogen (secondary N) is 2. The van der Waals surface area contributed by atoms with Gasteiger partial charge in [-0.05, 0) is 26.3 Å². The van der Waals surface area contributed by atoms with E-state index in [-0.39, 0.29) is 43.0 Å².